The Labute approximate surface area is 220 Å². The van der Waals surface area contributed by atoms with Crippen molar-refractivity contribution >= 4 is 49.6 Å². The molecule has 1 heterocycles. The van der Waals surface area contributed by atoms with E-state index < -0.39 is 32.1 Å². The van der Waals surface area contributed by atoms with Crippen LogP contribution in [0.15, 0.2) is 83.9 Å². The number of carbonyl (C=O) groups excluding carboxylic acids is 1. The van der Waals surface area contributed by atoms with Crippen molar-refractivity contribution in [1.29, 1.82) is 0 Å². The topological polar surface area (TPSA) is 79.4 Å². The SMILES string of the molecule is Cc1ccccc1C(=O)c1cnc(Nc2cccc(CN(C(F)(F)F)S(=O)(=O)c3ccccc3Cl)c2)s1. The van der Waals surface area contributed by atoms with Crippen LogP contribution in [0.4, 0.5) is 24.0 Å². The van der Waals surface area contributed by atoms with Crippen molar-refractivity contribution in [2.75, 3.05) is 5.32 Å². The third kappa shape index (κ3) is 6.02. The monoisotopic (exact) mass is 565 g/mol. The molecule has 37 heavy (non-hydrogen) atoms. The number of hydrogen-bond donors (Lipinski definition) is 1. The molecule has 0 bridgehead atoms. The van der Waals surface area contributed by atoms with Crippen molar-refractivity contribution in [3.63, 3.8) is 0 Å². The first-order valence-corrected chi connectivity index (χ1v) is 13.4. The number of thiazole rings is 1. The molecule has 1 aromatic heterocycles. The number of aryl methyl sites for hydroxylation is 1. The van der Waals surface area contributed by atoms with Crippen molar-refractivity contribution in [2.45, 2.75) is 24.7 Å². The van der Waals surface area contributed by atoms with Crippen LogP contribution in [-0.2, 0) is 16.6 Å². The van der Waals surface area contributed by atoms with Crippen LogP contribution in [0, 0.1) is 6.92 Å². The molecule has 0 amide bonds. The first-order valence-electron chi connectivity index (χ1n) is 10.7. The Kier molecular flexibility index (Phi) is 7.69. The van der Waals surface area contributed by atoms with Gasteiger partial charge in [-0.3, -0.25) is 4.79 Å². The van der Waals surface area contributed by atoms with Gasteiger partial charge < -0.3 is 5.32 Å². The van der Waals surface area contributed by atoms with Gasteiger partial charge in [-0.15, -0.1) is 4.31 Å². The quantitative estimate of drug-likeness (QED) is 0.188. The second kappa shape index (κ2) is 10.6. The van der Waals surface area contributed by atoms with Crippen molar-refractivity contribution in [3.8, 4) is 0 Å². The largest absolute Gasteiger partial charge is 0.473 e. The highest BCUT2D eigenvalue weighted by Crippen LogP contribution is 2.34. The maximum atomic E-state index is 13.9. The summed E-state index contributed by atoms with van der Waals surface area (Å²) in [4.78, 5) is 16.7. The molecule has 12 heteroatoms. The van der Waals surface area contributed by atoms with Gasteiger partial charge in [-0.05, 0) is 42.3 Å². The zero-order chi connectivity index (χ0) is 26.8. The van der Waals surface area contributed by atoms with Gasteiger partial charge in [0.15, 0.2) is 5.13 Å². The van der Waals surface area contributed by atoms with Gasteiger partial charge in [-0.1, -0.05) is 71.5 Å². The number of carbonyl (C=O) groups is 1. The lowest BCUT2D eigenvalue weighted by Gasteiger charge is -2.25. The molecule has 0 atom stereocenters. The second-order valence-electron chi connectivity index (χ2n) is 7.91. The molecule has 0 aliphatic heterocycles. The highest BCUT2D eigenvalue weighted by Gasteiger charge is 2.46. The normalized spacial score (nSPS) is 12.1. The maximum absolute atomic E-state index is 13.9. The number of anilines is 2. The van der Waals surface area contributed by atoms with Gasteiger partial charge >= 0.3 is 6.30 Å². The summed E-state index contributed by atoms with van der Waals surface area (Å²) in [5.74, 6) is -0.192. The number of aromatic nitrogens is 1. The lowest BCUT2D eigenvalue weighted by Crippen LogP contribution is -2.42. The maximum Gasteiger partial charge on any atom is 0.473 e. The van der Waals surface area contributed by atoms with Crippen molar-refractivity contribution < 1.29 is 26.4 Å². The molecule has 4 rings (SSSR count). The Bertz CT molecular complexity index is 1560. The number of sulfonamides is 1. The molecule has 0 spiro atoms. The highest BCUT2D eigenvalue weighted by molar-refractivity contribution is 7.89. The van der Waals surface area contributed by atoms with E-state index in [0.717, 1.165) is 23.0 Å². The number of nitrogens with one attached hydrogen (secondary N) is 1. The summed E-state index contributed by atoms with van der Waals surface area (Å²) < 4.78 is 66.7. The lowest BCUT2D eigenvalue weighted by atomic mass is 10.0. The molecular weight excluding hydrogens is 547 g/mol. The first kappa shape index (κ1) is 26.8. The molecule has 6 nitrogen and oxygen atoms in total. The standard InChI is InChI=1S/C25H19ClF3N3O3S2/c1-16-7-2-3-10-19(16)23(33)21-14-30-24(36-21)31-18-9-6-8-17(13-18)15-32(25(27,28)29)37(34,35)22-12-5-4-11-20(22)26/h2-14H,15H2,1H3,(H,30,31). The minimum Gasteiger partial charge on any atom is -0.332 e. The van der Waals surface area contributed by atoms with E-state index in [-0.39, 0.29) is 16.4 Å². The van der Waals surface area contributed by atoms with Crippen LogP contribution in [0.2, 0.25) is 5.02 Å². The summed E-state index contributed by atoms with van der Waals surface area (Å²) in [7, 11) is -4.99. The molecule has 3 aromatic carbocycles. The number of halogens is 4. The smallest absolute Gasteiger partial charge is 0.332 e. The second-order valence-corrected chi connectivity index (χ2v) is 11.2. The third-order valence-corrected chi connectivity index (χ3v) is 8.49. The Hall–Kier alpha value is -3.25. The van der Waals surface area contributed by atoms with E-state index in [9.17, 15) is 26.4 Å². The molecule has 0 fully saturated rings. The molecule has 0 saturated heterocycles. The van der Waals surface area contributed by atoms with E-state index in [1.54, 1.807) is 18.2 Å². The van der Waals surface area contributed by atoms with E-state index in [4.69, 9.17) is 11.6 Å². The fraction of sp³-hybridized carbons (Fsp3) is 0.120. The summed E-state index contributed by atoms with van der Waals surface area (Å²) in [6, 6.07) is 17.9. The van der Waals surface area contributed by atoms with Gasteiger partial charge in [0.05, 0.1) is 16.1 Å². The van der Waals surface area contributed by atoms with Crippen molar-refractivity contribution in [2.24, 2.45) is 0 Å². The number of hydrogen-bond acceptors (Lipinski definition) is 6. The Morgan fingerprint density at radius 1 is 1.05 bits per heavy atom. The Morgan fingerprint density at radius 3 is 2.46 bits per heavy atom. The van der Waals surface area contributed by atoms with Gasteiger partial charge in [0.25, 0.3) is 10.0 Å². The summed E-state index contributed by atoms with van der Waals surface area (Å²) >= 11 is 6.97. The predicted molar refractivity (Wildman–Crippen MR) is 137 cm³/mol. The van der Waals surface area contributed by atoms with E-state index in [1.807, 2.05) is 19.1 Å². The van der Waals surface area contributed by atoms with E-state index >= 15 is 0 Å². The number of ketones is 1. The summed E-state index contributed by atoms with van der Waals surface area (Å²) in [6.07, 6.45) is -3.77. The Balaban J connectivity index is 1.56. The number of nitrogens with zero attached hydrogens (tertiary/aromatic N) is 2. The minimum atomic E-state index is -5.19. The van der Waals surface area contributed by atoms with Crippen LogP contribution in [0.25, 0.3) is 0 Å². The third-order valence-electron chi connectivity index (χ3n) is 5.31. The fourth-order valence-corrected chi connectivity index (χ4v) is 6.13. The zero-order valence-electron chi connectivity index (χ0n) is 19.2. The van der Waals surface area contributed by atoms with Crippen molar-refractivity contribution in [1.82, 2.24) is 9.29 Å². The average Bonchev–Trinajstić information content (AvgIpc) is 3.30. The van der Waals surface area contributed by atoms with Gasteiger partial charge in [-0.2, -0.15) is 13.2 Å². The fourth-order valence-electron chi connectivity index (χ4n) is 3.52. The minimum absolute atomic E-state index is 0.0747. The van der Waals surface area contributed by atoms with Gasteiger partial charge in [0.1, 0.15) is 4.90 Å². The first-order chi connectivity index (χ1) is 17.5. The van der Waals surface area contributed by atoms with Gasteiger partial charge in [0.2, 0.25) is 5.78 Å². The molecule has 0 unspecified atom stereocenters. The van der Waals surface area contributed by atoms with Crippen molar-refractivity contribution in [3.05, 3.63) is 106 Å². The van der Waals surface area contributed by atoms with Crippen LogP contribution in [-0.4, -0.2) is 29.8 Å². The van der Waals surface area contributed by atoms with E-state index in [1.165, 1.54) is 42.6 Å². The van der Waals surface area contributed by atoms with Crippen LogP contribution in [0.5, 0.6) is 0 Å². The molecular formula is C25H19ClF3N3O3S2. The number of alkyl halides is 3. The summed E-state index contributed by atoms with van der Waals surface area (Å²) in [5, 5.41) is 3.00. The molecule has 0 radical (unpaired) electrons. The van der Waals surface area contributed by atoms with Crippen LogP contribution in [0.1, 0.15) is 26.4 Å². The average molecular weight is 566 g/mol. The molecule has 192 valence electrons. The molecule has 0 aliphatic rings. The van der Waals surface area contributed by atoms with Gasteiger partial charge in [0, 0.05) is 17.8 Å². The lowest BCUT2D eigenvalue weighted by molar-refractivity contribution is -0.213. The number of rotatable bonds is 8. The number of benzene rings is 3. The zero-order valence-corrected chi connectivity index (χ0v) is 21.5. The summed E-state index contributed by atoms with van der Waals surface area (Å²) in [6.45, 7) is 0.858. The Morgan fingerprint density at radius 2 is 1.76 bits per heavy atom. The highest BCUT2D eigenvalue weighted by atomic mass is 35.5. The van der Waals surface area contributed by atoms with E-state index in [0.29, 0.717) is 21.3 Å². The molecule has 0 saturated carbocycles. The molecule has 0 aliphatic carbocycles. The molecule has 4 aromatic rings. The molecule has 1 N–H and O–H groups in total. The van der Waals surface area contributed by atoms with Crippen LogP contribution < -0.4 is 5.32 Å². The van der Waals surface area contributed by atoms with E-state index in [2.05, 4.69) is 10.3 Å². The van der Waals surface area contributed by atoms with Crippen LogP contribution in [0.3, 0.4) is 0 Å². The predicted octanol–water partition coefficient (Wildman–Crippen LogP) is 6.79. The van der Waals surface area contributed by atoms with Gasteiger partial charge in [-0.25, -0.2) is 13.4 Å². The van der Waals surface area contributed by atoms with Crippen LogP contribution >= 0.6 is 22.9 Å². The summed E-state index contributed by atoms with van der Waals surface area (Å²) in [5.41, 5.74) is 1.82.